The number of nitro groups is 1. The maximum absolute atomic E-state index is 11.6. The van der Waals surface area contributed by atoms with Crippen molar-refractivity contribution >= 4 is 17.8 Å². The van der Waals surface area contributed by atoms with Gasteiger partial charge in [-0.05, 0) is 25.1 Å². The smallest absolute Gasteiger partial charge is 0.270 e. The van der Waals surface area contributed by atoms with Crippen LogP contribution in [-0.4, -0.2) is 17.0 Å². The Morgan fingerprint density at radius 3 is 2.58 bits per heavy atom. The summed E-state index contributed by atoms with van der Waals surface area (Å²) in [6.07, 6.45) is 0.544. The van der Waals surface area contributed by atoms with Crippen molar-refractivity contribution in [3.05, 3.63) is 51.8 Å². The summed E-state index contributed by atoms with van der Waals surface area (Å²) in [6, 6.07) is 6.92. The number of non-ortho nitro benzene ring substituents is 1. The molecular weight excluding hydrogens is 250 g/mol. The molecular formula is C13H9NO5. The molecule has 0 fully saturated rings. The molecule has 0 aliphatic carbocycles. The van der Waals surface area contributed by atoms with Crippen LogP contribution in [0.3, 0.4) is 0 Å². The van der Waals surface area contributed by atoms with Crippen LogP contribution in [0.5, 0.6) is 0 Å². The number of nitro benzene ring substituents is 1. The number of ketones is 1. The van der Waals surface area contributed by atoms with Crippen LogP contribution < -0.4 is 0 Å². The van der Waals surface area contributed by atoms with Crippen LogP contribution in [0, 0.1) is 10.1 Å². The average molecular weight is 259 g/mol. The number of carbonyl (C=O) groups excluding carboxylic acids is 2. The van der Waals surface area contributed by atoms with Gasteiger partial charge in [-0.1, -0.05) is 0 Å². The van der Waals surface area contributed by atoms with Crippen molar-refractivity contribution in [2.75, 3.05) is 0 Å². The molecule has 0 radical (unpaired) electrons. The molecule has 0 spiro atoms. The predicted molar refractivity (Wildman–Crippen MR) is 66.2 cm³/mol. The molecule has 19 heavy (non-hydrogen) atoms. The van der Waals surface area contributed by atoms with E-state index in [2.05, 4.69) is 0 Å². The van der Waals surface area contributed by atoms with Gasteiger partial charge in [-0.3, -0.25) is 19.7 Å². The molecule has 0 aliphatic heterocycles. The summed E-state index contributed by atoms with van der Waals surface area (Å²) < 4.78 is 5.22. The van der Waals surface area contributed by atoms with Gasteiger partial charge in [0.2, 0.25) is 0 Å². The lowest BCUT2D eigenvalue weighted by atomic mass is 10.0. The Kier molecular flexibility index (Phi) is 3.24. The van der Waals surface area contributed by atoms with E-state index in [4.69, 9.17) is 4.42 Å². The highest BCUT2D eigenvalue weighted by molar-refractivity contribution is 6.01. The largest absolute Gasteiger partial charge is 0.453 e. The summed E-state index contributed by atoms with van der Waals surface area (Å²) in [5.41, 5.74) is 0.434. The highest BCUT2D eigenvalue weighted by Crippen LogP contribution is 2.29. The highest BCUT2D eigenvalue weighted by atomic mass is 16.6. The first-order chi connectivity index (χ1) is 9.02. The lowest BCUT2D eigenvalue weighted by Crippen LogP contribution is -1.98. The lowest BCUT2D eigenvalue weighted by Gasteiger charge is -2.03. The third-order valence-corrected chi connectivity index (χ3v) is 2.60. The minimum absolute atomic E-state index is 0.128. The first-order valence-corrected chi connectivity index (χ1v) is 5.37. The van der Waals surface area contributed by atoms with Crippen LogP contribution in [0.15, 0.2) is 34.7 Å². The molecule has 0 saturated carbocycles. The summed E-state index contributed by atoms with van der Waals surface area (Å²) >= 11 is 0. The van der Waals surface area contributed by atoms with Crippen LogP contribution in [-0.2, 0) is 0 Å². The standard InChI is InChI=1S/C13H9NO5/c1-8(16)12-6-9(14(17)18)2-4-11(12)13-5-3-10(7-15)19-13/h2-7H,1H3. The van der Waals surface area contributed by atoms with Gasteiger partial charge < -0.3 is 4.42 Å². The fourth-order valence-corrected chi connectivity index (χ4v) is 1.71. The summed E-state index contributed by atoms with van der Waals surface area (Å²) in [5.74, 6) is 0.132. The molecule has 0 atom stereocenters. The van der Waals surface area contributed by atoms with E-state index >= 15 is 0 Å². The number of benzene rings is 1. The number of hydrogen-bond donors (Lipinski definition) is 0. The molecule has 1 heterocycles. The lowest BCUT2D eigenvalue weighted by molar-refractivity contribution is -0.384. The summed E-state index contributed by atoms with van der Waals surface area (Å²) in [5, 5.41) is 10.7. The first kappa shape index (κ1) is 12.7. The SMILES string of the molecule is CC(=O)c1cc([N+](=O)[O-])ccc1-c1ccc(C=O)o1. The van der Waals surface area contributed by atoms with E-state index in [-0.39, 0.29) is 22.8 Å². The van der Waals surface area contributed by atoms with Gasteiger partial charge in [0.25, 0.3) is 5.69 Å². The zero-order valence-electron chi connectivity index (χ0n) is 9.95. The summed E-state index contributed by atoms with van der Waals surface area (Å²) in [6.45, 7) is 1.31. The molecule has 0 unspecified atom stereocenters. The van der Waals surface area contributed by atoms with Crippen LogP contribution in [0.25, 0.3) is 11.3 Å². The Balaban J connectivity index is 2.59. The van der Waals surface area contributed by atoms with Crippen LogP contribution in [0.1, 0.15) is 27.8 Å². The third kappa shape index (κ3) is 2.42. The second-order valence-electron chi connectivity index (χ2n) is 3.86. The monoisotopic (exact) mass is 259 g/mol. The van der Waals surface area contributed by atoms with Crippen molar-refractivity contribution in [2.45, 2.75) is 6.92 Å². The average Bonchev–Trinajstić information content (AvgIpc) is 2.86. The van der Waals surface area contributed by atoms with Crippen molar-refractivity contribution in [3.8, 4) is 11.3 Å². The number of hydrogen-bond acceptors (Lipinski definition) is 5. The first-order valence-electron chi connectivity index (χ1n) is 5.37. The molecule has 0 N–H and O–H groups in total. The van der Waals surface area contributed by atoms with Crippen molar-refractivity contribution in [1.82, 2.24) is 0 Å². The summed E-state index contributed by atoms with van der Waals surface area (Å²) in [4.78, 5) is 32.2. The molecule has 0 bridgehead atoms. The van der Waals surface area contributed by atoms with Crippen molar-refractivity contribution < 1.29 is 18.9 Å². The number of furan rings is 1. The maximum Gasteiger partial charge on any atom is 0.270 e. The van der Waals surface area contributed by atoms with E-state index in [0.29, 0.717) is 17.6 Å². The Labute approximate surface area is 107 Å². The van der Waals surface area contributed by atoms with E-state index in [1.807, 2.05) is 0 Å². The molecule has 6 nitrogen and oxygen atoms in total. The minimum atomic E-state index is -0.574. The van der Waals surface area contributed by atoms with Gasteiger partial charge in [0.15, 0.2) is 17.8 Å². The molecule has 0 saturated heterocycles. The summed E-state index contributed by atoms with van der Waals surface area (Å²) in [7, 11) is 0. The van der Waals surface area contributed by atoms with Gasteiger partial charge in [-0.2, -0.15) is 0 Å². The van der Waals surface area contributed by atoms with E-state index in [1.54, 1.807) is 0 Å². The molecule has 6 heteroatoms. The zero-order chi connectivity index (χ0) is 14.0. The Morgan fingerprint density at radius 1 is 1.32 bits per heavy atom. The Bertz CT molecular complexity index is 671. The zero-order valence-corrected chi connectivity index (χ0v) is 9.95. The fourth-order valence-electron chi connectivity index (χ4n) is 1.71. The van der Waals surface area contributed by atoms with Crippen molar-refractivity contribution in [2.24, 2.45) is 0 Å². The van der Waals surface area contributed by atoms with Crippen LogP contribution >= 0.6 is 0 Å². The second kappa shape index (κ2) is 4.85. The second-order valence-corrected chi connectivity index (χ2v) is 3.86. The minimum Gasteiger partial charge on any atom is -0.453 e. The molecule has 0 aliphatic rings. The molecule has 0 amide bonds. The predicted octanol–water partition coefficient (Wildman–Crippen LogP) is 2.87. The number of aldehydes is 1. The van der Waals surface area contributed by atoms with Gasteiger partial charge in [-0.15, -0.1) is 0 Å². The molecule has 96 valence electrons. The highest BCUT2D eigenvalue weighted by Gasteiger charge is 2.17. The van der Waals surface area contributed by atoms with E-state index < -0.39 is 4.92 Å². The fraction of sp³-hybridized carbons (Fsp3) is 0.0769. The topological polar surface area (TPSA) is 90.4 Å². The van der Waals surface area contributed by atoms with Gasteiger partial charge >= 0.3 is 0 Å². The number of nitrogens with zero attached hydrogens (tertiary/aromatic N) is 1. The van der Waals surface area contributed by atoms with E-state index in [0.717, 1.165) is 0 Å². The number of carbonyl (C=O) groups is 2. The molecule has 2 rings (SSSR count). The number of rotatable bonds is 4. The van der Waals surface area contributed by atoms with Crippen LogP contribution in [0.4, 0.5) is 5.69 Å². The van der Waals surface area contributed by atoms with E-state index in [1.165, 1.54) is 37.3 Å². The quantitative estimate of drug-likeness (QED) is 0.364. The molecule has 1 aromatic heterocycles. The van der Waals surface area contributed by atoms with Crippen LogP contribution in [0.2, 0.25) is 0 Å². The third-order valence-electron chi connectivity index (χ3n) is 2.60. The molecule has 1 aromatic carbocycles. The van der Waals surface area contributed by atoms with Gasteiger partial charge in [0.1, 0.15) is 5.76 Å². The van der Waals surface area contributed by atoms with E-state index in [9.17, 15) is 19.7 Å². The van der Waals surface area contributed by atoms with Crippen molar-refractivity contribution in [3.63, 3.8) is 0 Å². The van der Waals surface area contributed by atoms with Gasteiger partial charge in [0.05, 0.1) is 4.92 Å². The normalized spacial score (nSPS) is 10.2. The maximum atomic E-state index is 11.6. The Morgan fingerprint density at radius 2 is 2.05 bits per heavy atom. The number of Topliss-reactive ketones (excluding diaryl/α,β-unsaturated/α-hetero) is 1. The Hall–Kier alpha value is -2.76. The van der Waals surface area contributed by atoms with Gasteiger partial charge in [0, 0.05) is 23.3 Å². The van der Waals surface area contributed by atoms with Crippen molar-refractivity contribution in [1.29, 1.82) is 0 Å². The van der Waals surface area contributed by atoms with Gasteiger partial charge in [-0.25, -0.2) is 0 Å². The molecule has 2 aromatic rings.